The van der Waals surface area contributed by atoms with Crippen molar-refractivity contribution in [2.75, 3.05) is 19.0 Å². The molecule has 132 valence electrons. The van der Waals surface area contributed by atoms with E-state index in [1.807, 2.05) is 0 Å². The number of hydrogen-bond donors (Lipinski definition) is 2. The van der Waals surface area contributed by atoms with Gasteiger partial charge in [-0.25, -0.2) is 0 Å². The molecule has 8 heteroatoms. The SMILES string of the molecule is COc1ccccc1C(=O)Nc1ccccc1C(=O)NCC(F)(F)F. The smallest absolute Gasteiger partial charge is 0.405 e. The van der Waals surface area contributed by atoms with Gasteiger partial charge in [0.05, 0.1) is 23.9 Å². The number of carbonyl (C=O) groups is 2. The molecule has 0 atom stereocenters. The van der Waals surface area contributed by atoms with Crippen LogP contribution in [-0.4, -0.2) is 31.6 Å². The van der Waals surface area contributed by atoms with E-state index in [9.17, 15) is 22.8 Å². The Kier molecular flexibility index (Phi) is 5.63. The van der Waals surface area contributed by atoms with Gasteiger partial charge in [-0.05, 0) is 24.3 Å². The van der Waals surface area contributed by atoms with E-state index in [1.165, 1.54) is 31.4 Å². The number of nitrogens with one attached hydrogen (secondary N) is 2. The van der Waals surface area contributed by atoms with Gasteiger partial charge in [0.2, 0.25) is 0 Å². The van der Waals surface area contributed by atoms with E-state index in [0.717, 1.165) is 0 Å². The first-order chi connectivity index (χ1) is 11.8. The van der Waals surface area contributed by atoms with Crippen LogP contribution in [0.5, 0.6) is 5.75 Å². The average molecular weight is 352 g/mol. The van der Waals surface area contributed by atoms with E-state index in [4.69, 9.17) is 4.74 Å². The molecule has 2 aromatic rings. The number of benzene rings is 2. The first-order valence-electron chi connectivity index (χ1n) is 7.20. The Morgan fingerprint density at radius 2 is 1.56 bits per heavy atom. The van der Waals surface area contributed by atoms with E-state index in [-0.39, 0.29) is 16.8 Å². The highest BCUT2D eigenvalue weighted by molar-refractivity contribution is 6.10. The standard InChI is InChI=1S/C17H15F3N2O3/c1-25-14-9-5-3-7-12(14)16(24)22-13-8-4-2-6-11(13)15(23)21-10-17(18,19)20/h2-9H,10H2,1H3,(H,21,23)(H,22,24). The number of carbonyl (C=O) groups excluding carboxylic acids is 2. The Morgan fingerprint density at radius 3 is 2.20 bits per heavy atom. The molecule has 2 amide bonds. The quantitative estimate of drug-likeness (QED) is 0.868. The number of para-hydroxylation sites is 2. The zero-order chi connectivity index (χ0) is 18.4. The molecule has 0 aliphatic carbocycles. The molecular formula is C17H15F3N2O3. The molecule has 0 spiro atoms. The van der Waals surface area contributed by atoms with Crippen LogP contribution in [0.15, 0.2) is 48.5 Å². The molecule has 0 saturated heterocycles. The fourth-order valence-corrected chi connectivity index (χ4v) is 2.09. The normalized spacial score (nSPS) is 10.9. The summed E-state index contributed by atoms with van der Waals surface area (Å²) in [5.74, 6) is -1.15. The highest BCUT2D eigenvalue weighted by Crippen LogP contribution is 2.21. The van der Waals surface area contributed by atoms with Crippen molar-refractivity contribution in [3.05, 3.63) is 59.7 Å². The van der Waals surface area contributed by atoms with Crippen molar-refractivity contribution in [1.29, 1.82) is 0 Å². The van der Waals surface area contributed by atoms with Crippen LogP contribution in [0.1, 0.15) is 20.7 Å². The molecular weight excluding hydrogens is 337 g/mol. The molecule has 0 aliphatic heterocycles. The van der Waals surface area contributed by atoms with Crippen molar-refractivity contribution in [1.82, 2.24) is 5.32 Å². The molecule has 2 aromatic carbocycles. The van der Waals surface area contributed by atoms with Crippen molar-refractivity contribution in [3.8, 4) is 5.75 Å². The maximum Gasteiger partial charge on any atom is 0.405 e. The predicted octanol–water partition coefficient (Wildman–Crippen LogP) is 3.24. The number of alkyl halides is 3. The number of ether oxygens (including phenoxy) is 1. The van der Waals surface area contributed by atoms with Crippen LogP contribution in [0.2, 0.25) is 0 Å². The van der Waals surface area contributed by atoms with E-state index < -0.39 is 24.5 Å². The van der Waals surface area contributed by atoms with E-state index in [2.05, 4.69) is 5.32 Å². The second-order valence-electron chi connectivity index (χ2n) is 5.00. The minimum Gasteiger partial charge on any atom is -0.496 e. The maximum absolute atomic E-state index is 12.4. The number of halogens is 3. The molecule has 0 bridgehead atoms. The monoisotopic (exact) mass is 352 g/mol. The second kappa shape index (κ2) is 7.69. The van der Waals surface area contributed by atoms with Crippen LogP contribution < -0.4 is 15.4 Å². The van der Waals surface area contributed by atoms with Crippen LogP contribution >= 0.6 is 0 Å². The van der Waals surface area contributed by atoms with Gasteiger partial charge in [-0.3, -0.25) is 9.59 Å². The summed E-state index contributed by atoms with van der Waals surface area (Å²) in [4.78, 5) is 24.3. The molecule has 0 heterocycles. The molecule has 0 aliphatic rings. The molecule has 0 radical (unpaired) electrons. The Bertz CT molecular complexity index is 776. The number of hydrogen-bond acceptors (Lipinski definition) is 3. The van der Waals surface area contributed by atoms with E-state index in [0.29, 0.717) is 5.75 Å². The highest BCUT2D eigenvalue weighted by Gasteiger charge is 2.28. The lowest BCUT2D eigenvalue weighted by atomic mass is 10.1. The van der Waals surface area contributed by atoms with Crippen LogP contribution in [0, 0.1) is 0 Å². The van der Waals surface area contributed by atoms with Gasteiger partial charge in [0.25, 0.3) is 11.8 Å². The van der Waals surface area contributed by atoms with Crippen LogP contribution in [-0.2, 0) is 0 Å². The minimum absolute atomic E-state index is 0.0741. The summed E-state index contributed by atoms with van der Waals surface area (Å²) in [7, 11) is 1.41. The molecule has 0 unspecified atom stereocenters. The largest absolute Gasteiger partial charge is 0.496 e. The van der Waals surface area contributed by atoms with Crippen LogP contribution in [0.4, 0.5) is 18.9 Å². The Morgan fingerprint density at radius 1 is 0.960 bits per heavy atom. The van der Waals surface area contributed by atoms with Gasteiger partial charge >= 0.3 is 6.18 Å². The fraction of sp³-hybridized carbons (Fsp3) is 0.176. The molecule has 2 N–H and O–H groups in total. The molecule has 0 fully saturated rings. The topological polar surface area (TPSA) is 67.4 Å². The van der Waals surface area contributed by atoms with Crippen molar-refractivity contribution in [2.24, 2.45) is 0 Å². The lowest BCUT2D eigenvalue weighted by Gasteiger charge is -2.13. The van der Waals surface area contributed by atoms with Gasteiger partial charge in [0, 0.05) is 0 Å². The van der Waals surface area contributed by atoms with E-state index >= 15 is 0 Å². The minimum atomic E-state index is -4.52. The maximum atomic E-state index is 12.4. The average Bonchev–Trinajstić information content (AvgIpc) is 2.59. The lowest BCUT2D eigenvalue weighted by molar-refractivity contribution is -0.123. The summed E-state index contributed by atoms with van der Waals surface area (Å²) >= 11 is 0. The number of amides is 2. The second-order valence-corrected chi connectivity index (χ2v) is 5.00. The summed E-state index contributed by atoms with van der Waals surface area (Å²) < 4.78 is 41.8. The summed E-state index contributed by atoms with van der Waals surface area (Å²) in [5, 5.41) is 4.29. The number of methoxy groups -OCH3 is 1. The Balaban J connectivity index is 2.20. The predicted molar refractivity (Wildman–Crippen MR) is 85.8 cm³/mol. The fourth-order valence-electron chi connectivity index (χ4n) is 2.09. The van der Waals surface area contributed by atoms with Crippen molar-refractivity contribution in [3.63, 3.8) is 0 Å². The summed E-state index contributed by atoms with van der Waals surface area (Å²) in [6, 6.07) is 12.2. The van der Waals surface area contributed by atoms with Gasteiger partial charge in [-0.15, -0.1) is 0 Å². The van der Waals surface area contributed by atoms with Gasteiger partial charge in [-0.2, -0.15) is 13.2 Å². The molecule has 2 rings (SSSR count). The Labute approximate surface area is 141 Å². The lowest BCUT2D eigenvalue weighted by Crippen LogP contribution is -2.34. The highest BCUT2D eigenvalue weighted by atomic mass is 19.4. The molecule has 25 heavy (non-hydrogen) atoms. The third kappa shape index (κ3) is 4.97. The molecule has 5 nitrogen and oxygen atoms in total. The van der Waals surface area contributed by atoms with Gasteiger partial charge < -0.3 is 15.4 Å². The number of rotatable bonds is 5. The van der Waals surface area contributed by atoms with Gasteiger partial charge in [0.15, 0.2) is 0 Å². The van der Waals surface area contributed by atoms with Crippen LogP contribution in [0.25, 0.3) is 0 Å². The molecule has 0 saturated carbocycles. The van der Waals surface area contributed by atoms with Crippen molar-refractivity contribution < 1.29 is 27.5 Å². The summed E-state index contributed by atoms with van der Waals surface area (Å²) in [6.07, 6.45) is -4.52. The van der Waals surface area contributed by atoms with Crippen LogP contribution in [0.3, 0.4) is 0 Å². The molecule has 0 aromatic heterocycles. The van der Waals surface area contributed by atoms with Gasteiger partial charge in [-0.1, -0.05) is 24.3 Å². The van der Waals surface area contributed by atoms with Crippen molar-refractivity contribution >= 4 is 17.5 Å². The first kappa shape index (κ1) is 18.3. The summed E-state index contributed by atoms with van der Waals surface area (Å²) in [6.45, 7) is -1.46. The zero-order valence-electron chi connectivity index (χ0n) is 13.2. The van der Waals surface area contributed by atoms with Gasteiger partial charge in [0.1, 0.15) is 12.3 Å². The third-order valence-electron chi connectivity index (χ3n) is 3.22. The zero-order valence-corrected chi connectivity index (χ0v) is 13.2. The number of anilines is 1. The summed E-state index contributed by atoms with van der Waals surface area (Å²) in [5.41, 5.74) is 0.253. The Hall–Kier alpha value is -3.03. The van der Waals surface area contributed by atoms with E-state index in [1.54, 1.807) is 29.6 Å². The first-order valence-corrected chi connectivity index (χ1v) is 7.20. The third-order valence-corrected chi connectivity index (χ3v) is 3.22. The van der Waals surface area contributed by atoms with Crippen molar-refractivity contribution in [2.45, 2.75) is 6.18 Å².